The van der Waals surface area contributed by atoms with Crippen LogP contribution in [0.15, 0.2) is 0 Å². The van der Waals surface area contributed by atoms with Crippen molar-refractivity contribution in [3.8, 4) is 0 Å². The molecule has 198 valence electrons. The summed E-state index contributed by atoms with van der Waals surface area (Å²) in [5.41, 5.74) is 0. The van der Waals surface area contributed by atoms with E-state index in [1.165, 1.54) is 167 Å². The smallest absolute Gasteiger partial charge is 0.0471 e. The Morgan fingerprint density at radius 1 is 0.344 bits per heavy atom. The Hall–Kier alpha value is 0.440. The van der Waals surface area contributed by atoms with E-state index in [0.717, 1.165) is 5.92 Å². The van der Waals surface area contributed by atoms with Crippen molar-refractivity contribution in [2.24, 2.45) is 5.92 Å². The molecule has 0 aliphatic rings. The van der Waals surface area contributed by atoms with Gasteiger partial charge in [-0.15, -0.1) is 17.0 Å². The molecule has 32 heavy (non-hydrogen) atoms. The van der Waals surface area contributed by atoms with E-state index in [1.807, 2.05) is 0 Å². The van der Waals surface area contributed by atoms with Crippen LogP contribution in [0.4, 0.5) is 0 Å². The minimum absolute atomic E-state index is 0. The molecule has 0 saturated heterocycles. The molecule has 0 heterocycles. The Morgan fingerprint density at radius 3 is 0.719 bits per heavy atom. The number of unbranched alkanes of at least 4 members (excludes halogenated alkanes) is 24. The van der Waals surface area contributed by atoms with Crippen LogP contribution in [-0.4, -0.2) is 0 Å². The van der Waals surface area contributed by atoms with Crippen molar-refractivity contribution in [1.29, 1.82) is 0 Å². The maximum Gasteiger partial charge on any atom is -0.0471 e. The van der Waals surface area contributed by atoms with Crippen LogP contribution < -0.4 is 6.15 Å². The average Bonchev–Trinajstić information content (AvgIpc) is 2.73. The molecule has 0 saturated carbocycles. The lowest BCUT2D eigenvalue weighted by molar-refractivity contribution is 0.500. The maximum absolute atomic E-state index is 2.35. The highest BCUT2D eigenvalue weighted by Gasteiger charge is 1.97. The molecule has 0 aromatic carbocycles. The Balaban J connectivity index is -0.00000420. The van der Waals surface area contributed by atoms with Crippen LogP contribution in [0, 0.1) is 5.92 Å². The van der Waals surface area contributed by atoms with Crippen LogP contribution in [0.5, 0.6) is 0 Å². The summed E-state index contributed by atoms with van der Waals surface area (Å²) in [5, 5.41) is 0. The van der Waals surface area contributed by atoms with E-state index >= 15 is 0 Å². The second-order valence-electron chi connectivity index (χ2n) is 10.7. The van der Waals surface area contributed by atoms with Crippen molar-refractivity contribution in [2.45, 2.75) is 188 Å². The van der Waals surface area contributed by atoms with E-state index in [0.29, 0.717) is 0 Å². The van der Waals surface area contributed by atoms with E-state index < -0.39 is 0 Å². The van der Waals surface area contributed by atoms with Crippen LogP contribution in [0.2, 0.25) is 0 Å². The van der Waals surface area contributed by atoms with E-state index in [4.69, 9.17) is 0 Å². The summed E-state index contributed by atoms with van der Waals surface area (Å²) < 4.78 is 0. The molecular weight excluding hydrogens is 454 g/mol. The summed E-state index contributed by atoms with van der Waals surface area (Å²) in [6, 6.07) is 0. The molecule has 0 aliphatic carbocycles. The van der Waals surface area contributed by atoms with E-state index in [9.17, 15) is 0 Å². The third kappa shape index (κ3) is 35.0. The molecular formula is C30H66BrN. The van der Waals surface area contributed by atoms with Crippen molar-refractivity contribution in [2.75, 3.05) is 0 Å². The van der Waals surface area contributed by atoms with Crippen molar-refractivity contribution in [3.63, 3.8) is 0 Å². The molecule has 0 unspecified atom stereocenters. The maximum atomic E-state index is 2.35. The summed E-state index contributed by atoms with van der Waals surface area (Å²) in [7, 11) is 0. The highest BCUT2D eigenvalue weighted by Crippen LogP contribution is 2.16. The van der Waals surface area contributed by atoms with Gasteiger partial charge >= 0.3 is 0 Å². The normalized spacial score (nSPS) is 10.9. The highest BCUT2D eigenvalue weighted by atomic mass is 79.9. The van der Waals surface area contributed by atoms with Gasteiger partial charge in [0.15, 0.2) is 0 Å². The van der Waals surface area contributed by atoms with Gasteiger partial charge < -0.3 is 6.15 Å². The first-order valence-corrected chi connectivity index (χ1v) is 14.8. The summed E-state index contributed by atoms with van der Waals surface area (Å²) in [6.45, 7) is 7.00. The number of rotatable bonds is 26. The lowest BCUT2D eigenvalue weighted by atomic mass is 10.0. The minimum Gasteiger partial charge on any atom is -0.344 e. The fourth-order valence-electron chi connectivity index (χ4n) is 4.69. The van der Waals surface area contributed by atoms with Crippen molar-refractivity contribution in [3.05, 3.63) is 0 Å². The predicted octanol–water partition coefficient (Wildman–Crippen LogP) is 12.5. The fourth-order valence-corrected chi connectivity index (χ4v) is 4.69. The molecule has 0 atom stereocenters. The zero-order chi connectivity index (χ0) is 22.0. The molecule has 3 N–H and O–H groups in total. The monoisotopic (exact) mass is 519 g/mol. The first kappa shape index (κ1) is 37.0. The lowest BCUT2D eigenvalue weighted by Crippen LogP contribution is -1.87. The molecule has 2 heteroatoms. The van der Waals surface area contributed by atoms with Gasteiger partial charge in [-0.3, -0.25) is 0 Å². The minimum atomic E-state index is 0. The average molecular weight is 521 g/mol. The van der Waals surface area contributed by atoms with Crippen LogP contribution in [0.1, 0.15) is 188 Å². The summed E-state index contributed by atoms with van der Waals surface area (Å²) in [6.07, 6.45) is 38.4. The van der Waals surface area contributed by atoms with Gasteiger partial charge in [0.2, 0.25) is 0 Å². The Labute approximate surface area is 216 Å². The Morgan fingerprint density at radius 2 is 0.531 bits per heavy atom. The van der Waals surface area contributed by atoms with Crippen LogP contribution in [-0.2, 0) is 0 Å². The largest absolute Gasteiger partial charge is 0.344 e. The zero-order valence-corrected chi connectivity index (χ0v) is 24.8. The van der Waals surface area contributed by atoms with Crippen LogP contribution in [0.3, 0.4) is 0 Å². The molecule has 1 nitrogen and oxygen atoms in total. The van der Waals surface area contributed by atoms with Crippen molar-refractivity contribution >= 4 is 17.0 Å². The molecule has 0 aromatic rings. The second-order valence-corrected chi connectivity index (χ2v) is 10.7. The second kappa shape index (κ2) is 33.6. The lowest BCUT2D eigenvalue weighted by Gasteiger charge is -2.05. The number of hydrogen-bond donors (Lipinski definition) is 1. The molecule has 0 bridgehead atoms. The molecule has 0 rings (SSSR count). The quantitative estimate of drug-likeness (QED) is 0.113. The Kier molecular flexibility index (Phi) is 38.9. The zero-order valence-electron chi connectivity index (χ0n) is 23.1. The van der Waals surface area contributed by atoms with Gasteiger partial charge in [0.1, 0.15) is 0 Å². The topological polar surface area (TPSA) is 35.0 Å². The van der Waals surface area contributed by atoms with E-state index in [-0.39, 0.29) is 23.1 Å². The van der Waals surface area contributed by atoms with Gasteiger partial charge in [0.05, 0.1) is 0 Å². The summed E-state index contributed by atoms with van der Waals surface area (Å²) in [5.74, 6) is 0.898. The van der Waals surface area contributed by atoms with Gasteiger partial charge in [-0.05, 0) is 5.92 Å². The van der Waals surface area contributed by atoms with Crippen LogP contribution in [0.25, 0.3) is 0 Å². The molecule has 0 radical (unpaired) electrons. The molecule has 0 aromatic heterocycles. The predicted molar refractivity (Wildman–Crippen MR) is 156 cm³/mol. The van der Waals surface area contributed by atoms with Gasteiger partial charge in [-0.25, -0.2) is 0 Å². The first-order valence-electron chi connectivity index (χ1n) is 14.8. The molecule has 0 amide bonds. The van der Waals surface area contributed by atoms with Gasteiger partial charge in [-0.1, -0.05) is 188 Å². The SMILES string of the molecule is Br.CCCCCCCCCCCCCCCCCCCCCCCCCCCC(C)C.N. The van der Waals surface area contributed by atoms with Gasteiger partial charge in [-0.2, -0.15) is 0 Å². The molecule has 0 aliphatic heterocycles. The third-order valence-electron chi connectivity index (χ3n) is 6.89. The number of halogens is 1. The highest BCUT2D eigenvalue weighted by molar-refractivity contribution is 8.93. The van der Waals surface area contributed by atoms with E-state index in [1.54, 1.807) is 0 Å². The number of hydrogen-bond acceptors (Lipinski definition) is 1. The first-order chi connectivity index (χ1) is 14.8. The summed E-state index contributed by atoms with van der Waals surface area (Å²) in [4.78, 5) is 0. The van der Waals surface area contributed by atoms with Crippen molar-refractivity contribution < 1.29 is 0 Å². The fraction of sp³-hybridized carbons (Fsp3) is 1.00. The Bertz CT molecular complexity index is 293. The third-order valence-corrected chi connectivity index (χ3v) is 6.89. The molecule has 0 spiro atoms. The van der Waals surface area contributed by atoms with E-state index in [2.05, 4.69) is 20.8 Å². The molecule has 0 fully saturated rings. The van der Waals surface area contributed by atoms with Gasteiger partial charge in [0.25, 0.3) is 0 Å². The van der Waals surface area contributed by atoms with Gasteiger partial charge in [0, 0.05) is 0 Å². The van der Waals surface area contributed by atoms with Crippen LogP contribution >= 0.6 is 17.0 Å². The standard InChI is InChI=1S/C30H62.BrH.H3N/c1-4-5-6-7-8-9-10-11-12-13-14-15-16-17-18-19-20-21-22-23-24-25-26-27-28-29-30(2)3;;/h30H,4-29H2,1-3H3;1H;1H3. The summed E-state index contributed by atoms with van der Waals surface area (Å²) >= 11 is 0. The van der Waals surface area contributed by atoms with Crippen molar-refractivity contribution in [1.82, 2.24) is 6.15 Å².